The molecule has 6 heteroatoms. The van der Waals surface area contributed by atoms with Crippen molar-refractivity contribution in [3.8, 4) is 11.6 Å². The number of ether oxygens (including phenoxy) is 1. The lowest BCUT2D eigenvalue weighted by molar-refractivity contribution is -0.123. The molecule has 3 aromatic rings. The average molecular weight is 389 g/mol. The molecule has 29 heavy (non-hydrogen) atoms. The van der Waals surface area contributed by atoms with Crippen LogP contribution in [-0.4, -0.2) is 23.3 Å². The number of rotatable bonds is 7. The Morgan fingerprint density at radius 1 is 0.931 bits per heavy atom. The number of amides is 2. The number of hydrogen-bond acceptors (Lipinski definition) is 4. The van der Waals surface area contributed by atoms with E-state index in [1.54, 1.807) is 12.1 Å². The number of carbonyl (C=O) groups is 2. The number of nitrogens with one attached hydrogen (secondary N) is 2. The van der Waals surface area contributed by atoms with E-state index in [-0.39, 0.29) is 24.8 Å². The van der Waals surface area contributed by atoms with Crippen LogP contribution in [0.3, 0.4) is 0 Å². The van der Waals surface area contributed by atoms with E-state index in [1.807, 2.05) is 62.4 Å². The smallest absolute Gasteiger partial charge is 0.243 e. The van der Waals surface area contributed by atoms with Gasteiger partial charge >= 0.3 is 0 Å². The van der Waals surface area contributed by atoms with Crippen LogP contribution in [0.5, 0.6) is 11.6 Å². The average Bonchev–Trinajstić information content (AvgIpc) is 2.71. The zero-order valence-electron chi connectivity index (χ0n) is 16.4. The van der Waals surface area contributed by atoms with Crippen LogP contribution >= 0.6 is 0 Å². The van der Waals surface area contributed by atoms with Crippen molar-refractivity contribution in [2.24, 2.45) is 0 Å². The van der Waals surface area contributed by atoms with E-state index in [1.165, 1.54) is 11.8 Å². The van der Waals surface area contributed by atoms with Gasteiger partial charge in [-0.1, -0.05) is 36.4 Å². The first-order valence-electron chi connectivity index (χ1n) is 9.31. The minimum Gasteiger partial charge on any atom is -0.439 e. The maximum absolute atomic E-state index is 12.0. The fraction of sp³-hybridized carbons (Fsp3) is 0.174. The lowest BCUT2D eigenvalue weighted by Gasteiger charge is -2.09. The third-order valence-corrected chi connectivity index (χ3v) is 4.37. The van der Waals surface area contributed by atoms with E-state index in [0.717, 1.165) is 11.1 Å². The third kappa shape index (κ3) is 6.17. The molecule has 1 aromatic heterocycles. The van der Waals surface area contributed by atoms with Gasteiger partial charge < -0.3 is 15.4 Å². The topological polar surface area (TPSA) is 80.3 Å². The molecule has 0 aliphatic rings. The molecule has 2 amide bonds. The first-order chi connectivity index (χ1) is 14.0. The third-order valence-electron chi connectivity index (χ3n) is 4.37. The highest BCUT2D eigenvalue weighted by Crippen LogP contribution is 2.22. The molecular weight excluding hydrogens is 366 g/mol. The molecule has 0 atom stereocenters. The van der Waals surface area contributed by atoms with Gasteiger partial charge in [0.15, 0.2) is 0 Å². The molecule has 0 aliphatic carbocycles. The van der Waals surface area contributed by atoms with Crippen molar-refractivity contribution in [1.82, 2.24) is 10.3 Å². The largest absolute Gasteiger partial charge is 0.439 e. The summed E-state index contributed by atoms with van der Waals surface area (Å²) in [6.07, 6.45) is 1.75. The van der Waals surface area contributed by atoms with Crippen LogP contribution in [0.2, 0.25) is 0 Å². The molecule has 0 aliphatic heterocycles. The molecule has 2 N–H and O–H groups in total. The van der Waals surface area contributed by atoms with Crippen LogP contribution < -0.4 is 15.4 Å². The fourth-order valence-corrected chi connectivity index (χ4v) is 2.64. The van der Waals surface area contributed by atoms with Crippen LogP contribution in [0.15, 0.2) is 66.9 Å². The Balaban J connectivity index is 1.46. The van der Waals surface area contributed by atoms with Crippen molar-refractivity contribution in [1.29, 1.82) is 0 Å². The molecule has 1 heterocycles. The highest BCUT2D eigenvalue weighted by Gasteiger charge is 2.08. The van der Waals surface area contributed by atoms with E-state index < -0.39 is 0 Å². The summed E-state index contributed by atoms with van der Waals surface area (Å²) >= 11 is 0. The standard InChI is InChI=1S/C23H23N3O3/c1-16-8-10-20(12-17(16)2)29-23-11-9-19(14-25-23)26-22(28)15-24-21(27)13-18-6-4-3-5-7-18/h3-12,14H,13,15H2,1-2H3,(H,24,27)(H,26,28). The van der Waals surface area contributed by atoms with Crippen molar-refractivity contribution in [2.75, 3.05) is 11.9 Å². The van der Waals surface area contributed by atoms with Gasteiger partial charge in [-0.2, -0.15) is 0 Å². The van der Waals surface area contributed by atoms with Gasteiger partial charge in [0.05, 0.1) is 24.8 Å². The molecular formula is C23H23N3O3. The van der Waals surface area contributed by atoms with Crippen molar-refractivity contribution < 1.29 is 14.3 Å². The van der Waals surface area contributed by atoms with Gasteiger partial charge in [0, 0.05) is 6.07 Å². The number of nitrogens with zero attached hydrogens (tertiary/aromatic N) is 1. The summed E-state index contributed by atoms with van der Waals surface area (Å²) < 4.78 is 5.73. The molecule has 0 bridgehead atoms. The Kier molecular flexibility index (Phi) is 6.58. The molecule has 2 aromatic carbocycles. The summed E-state index contributed by atoms with van der Waals surface area (Å²) in [6, 6.07) is 18.6. The minimum atomic E-state index is -0.323. The monoisotopic (exact) mass is 389 g/mol. The number of pyridine rings is 1. The lowest BCUT2D eigenvalue weighted by Crippen LogP contribution is -2.33. The van der Waals surface area contributed by atoms with Crippen LogP contribution in [0.1, 0.15) is 16.7 Å². The molecule has 3 rings (SSSR count). The number of hydrogen-bond donors (Lipinski definition) is 2. The molecule has 0 radical (unpaired) electrons. The van der Waals surface area contributed by atoms with Crippen LogP contribution in [0.4, 0.5) is 5.69 Å². The quantitative estimate of drug-likeness (QED) is 0.644. The number of benzene rings is 2. The summed E-state index contributed by atoms with van der Waals surface area (Å²) in [6.45, 7) is 3.96. The first kappa shape index (κ1) is 20.1. The summed E-state index contributed by atoms with van der Waals surface area (Å²) in [7, 11) is 0. The van der Waals surface area contributed by atoms with Gasteiger partial charge in [0.1, 0.15) is 5.75 Å². The van der Waals surface area contributed by atoms with Crippen molar-refractivity contribution in [2.45, 2.75) is 20.3 Å². The van der Waals surface area contributed by atoms with Gasteiger partial charge in [-0.3, -0.25) is 9.59 Å². The Morgan fingerprint density at radius 3 is 2.41 bits per heavy atom. The molecule has 6 nitrogen and oxygen atoms in total. The summed E-state index contributed by atoms with van der Waals surface area (Å²) in [5.41, 5.74) is 3.76. The Bertz CT molecular complexity index is 986. The summed E-state index contributed by atoms with van der Waals surface area (Å²) in [4.78, 5) is 28.1. The van der Waals surface area contributed by atoms with E-state index in [9.17, 15) is 9.59 Å². The van der Waals surface area contributed by atoms with Gasteiger partial charge in [0.2, 0.25) is 17.7 Å². The lowest BCUT2D eigenvalue weighted by atomic mass is 10.1. The van der Waals surface area contributed by atoms with E-state index >= 15 is 0 Å². The number of carbonyl (C=O) groups excluding carboxylic acids is 2. The molecule has 0 spiro atoms. The van der Waals surface area contributed by atoms with Gasteiger partial charge in [-0.25, -0.2) is 4.98 Å². The second-order valence-electron chi connectivity index (χ2n) is 6.72. The fourth-order valence-electron chi connectivity index (χ4n) is 2.64. The minimum absolute atomic E-state index is 0.105. The molecule has 0 saturated carbocycles. The Labute approximate surface area is 169 Å². The normalized spacial score (nSPS) is 10.3. The summed E-state index contributed by atoms with van der Waals surface area (Å²) in [5.74, 6) is 0.610. The Morgan fingerprint density at radius 2 is 1.72 bits per heavy atom. The highest BCUT2D eigenvalue weighted by molar-refractivity contribution is 5.94. The van der Waals surface area contributed by atoms with E-state index in [4.69, 9.17) is 4.74 Å². The maximum atomic E-state index is 12.0. The van der Waals surface area contributed by atoms with Crippen molar-refractivity contribution >= 4 is 17.5 Å². The second kappa shape index (κ2) is 9.50. The molecule has 0 fully saturated rings. The van der Waals surface area contributed by atoms with Crippen LogP contribution in [-0.2, 0) is 16.0 Å². The van der Waals surface area contributed by atoms with Crippen LogP contribution in [0, 0.1) is 13.8 Å². The predicted molar refractivity (Wildman–Crippen MR) is 112 cm³/mol. The zero-order chi connectivity index (χ0) is 20.6. The maximum Gasteiger partial charge on any atom is 0.243 e. The van der Waals surface area contributed by atoms with Gasteiger partial charge in [-0.05, 0) is 48.7 Å². The van der Waals surface area contributed by atoms with E-state index in [2.05, 4.69) is 15.6 Å². The number of aromatic nitrogens is 1. The second-order valence-corrected chi connectivity index (χ2v) is 6.72. The highest BCUT2D eigenvalue weighted by atomic mass is 16.5. The van der Waals surface area contributed by atoms with Crippen molar-refractivity contribution in [3.05, 3.63) is 83.6 Å². The Hall–Kier alpha value is -3.67. The first-order valence-corrected chi connectivity index (χ1v) is 9.31. The molecule has 0 unspecified atom stereocenters. The van der Waals surface area contributed by atoms with Crippen molar-refractivity contribution in [3.63, 3.8) is 0 Å². The molecule has 148 valence electrons. The van der Waals surface area contributed by atoms with E-state index in [0.29, 0.717) is 17.3 Å². The summed E-state index contributed by atoms with van der Waals surface area (Å²) in [5, 5.41) is 5.31. The zero-order valence-corrected chi connectivity index (χ0v) is 16.4. The SMILES string of the molecule is Cc1ccc(Oc2ccc(NC(=O)CNC(=O)Cc3ccccc3)cn2)cc1C. The number of anilines is 1. The molecule has 0 saturated heterocycles. The van der Waals surface area contributed by atoms with Gasteiger partial charge in [-0.15, -0.1) is 0 Å². The van der Waals surface area contributed by atoms with Gasteiger partial charge in [0.25, 0.3) is 0 Å². The number of aryl methyl sites for hydroxylation is 2. The van der Waals surface area contributed by atoms with Crippen LogP contribution in [0.25, 0.3) is 0 Å². The predicted octanol–water partition coefficient (Wildman–Crippen LogP) is 3.79.